The number of furan rings is 1. The molecule has 0 aliphatic rings. The maximum Gasteiger partial charge on any atom is 0.291 e. The molecule has 26 heavy (non-hydrogen) atoms. The van der Waals surface area contributed by atoms with Crippen molar-refractivity contribution in [2.24, 2.45) is 0 Å². The van der Waals surface area contributed by atoms with E-state index in [1.54, 1.807) is 54.6 Å². The normalized spacial score (nSPS) is 10.2. The van der Waals surface area contributed by atoms with Crippen molar-refractivity contribution in [2.75, 3.05) is 5.32 Å². The van der Waals surface area contributed by atoms with Crippen molar-refractivity contribution in [1.29, 1.82) is 5.26 Å². The number of rotatable bonds is 6. The highest BCUT2D eigenvalue weighted by Crippen LogP contribution is 2.19. The smallest absolute Gasteiger partial charge is 0.291 e. The Morgan fingerprint density at radius 3 is 2.85 bits per heavy atom. The molecule has 2 N–H and O–H groups in total. The van der Waals surface area contributed by atoms with Gasteiger partial charge in [-0.05, 0) is 42.0 Å². The summed E-state index contributed by atoms with van der Waals surface area (Å²) in [5, 5.41) is 20.8. The fourth-order valence-electron chi connectivity index (χ4n) is 2.40. The average Bonchev–Trinajstić information content (AvgIpc) is 3.15. The minimum Gasteiger partial charge on any atom is -0.489 e. The van der Waals surface area contributed by atoms with Gasteiger partial charge in [0.2, 0.25) is 0 Å². The third kappa shape index (κ3) is 4.09. The molecule has 1 aromatic heterocycles. The van der Waals surface area contributed by atoms with Crippen molar-refractivity contribution in [2.45, 2.75) is 13.2 Å². The van der Waals surface area contributed by atoms with Crippen LogP contribution >= 0.6 is 0 Å². The Kier molecular flexibility index (Phi) is 5.32. The highest BCUT2D eigenvalue weighted by molar-refractivity contribution is 6.03. The Morgan fingerprint density at radius 1 is 1.19 bits per heavy atom. The van der Waals surface area contributed by atoms with Crippen molar-refractivity contribution in [3.63, 3.8) is 0 Å². The molecule has 3 aromatic rings. The van der Waals surface area contributed by atoms with E-state index in [0.717, 1.165) is 0 Å². The van der Waals surface area contributed by atoms with Gasteiger partial charge in [0.1, 0.15) is 12.4 Å². The van der Waals surface area contributed by atoms with E-state index in [1.165, 1.54) is 6.26 Å². The molecule has 3 rings (SSSR count). The average molecular weight is 348 g/mol. The Labute approximate surface area is 150 Å². The molecule has 0 bridgehead atoms. The molecule has 6 nitrogen and oxygen atoms in total. The molecule has 1 amide bonds. The lowest BCUT2D eigenvalue weighted by Crippen LogP contribution is -2.14. The van der Waals surface area contributed by atoms with E-state index in [-0.39, 0.29) is 19.0 Å². The number of hydrogen-bond donors (Lipinski definition) is 2. The van der Waals surface area contributed by atoms with Gasteiger partial charge in [-0.3, -0.25) is 4.79 Å². The molecule has 6 heteroatoms. The first kappa shape index (κ1) is 17.3. The predicted octanol–water partition coefficient (Wildman–Crippen LogP) is 3.47. The lowest BCUT2D eigenvalue weighted by molar-refractivity contribution is 0.0993. The second-order valence-electron chi connectivity index (χ2n) is 5.52. The van der Waals surface area contributed by atoms with E-state index in [0.29, 0.717) is 28.1 Å². The number of hydrogen-bond acceptors (Lipinski definition) is 5. The summed E-state index contributed by atoms with van der Waals surface area (Å²) in [7, 11) is 0. The maximum absolute atomic E-state index is 12.4. The van der Waals surface area contributed by atoms with Gasteiger partial charge < -0.3 is 19.6 Å². The first-order valence-electron chi connectivity index (χ1n) is 7.90. The number of amides is 1. The van der Waals surface area contributed by atoms with Gasteiger partial charge in [-0.1, -0.05) is 18.2 Å². The van der Waals surface area contributed by atoms with Gasteiger partial charge in [0.05, 0.1) is 24.5 Å². The van der Waals surface area contributed by atoms with Crippen LogP contribution in [0.4, 0.5) is 5.69 Å². The minimum atomic E-state index is -0.408. The topological polar surface area (TPSA) is 95.5 Å². The van der Waals surface area contributed by atoms with Crippen LogP contribution in [0.2, 0.25) is 0 Å². The summed E-state index contributed by atoms with van der Waals surface area (Å²) in [4.78, 5) is 12.4. The number of nitrogens with one attached hydrogen (secondary N) is 1. The number of nitrogens with zero attached hydrogens (tertiary/aromatic N) is 1. The first-order chi connectivity index (χ1) is 12.7. The Balaban J connectivity index is 1.69. The fraction of sp³-hybridized carbons (Fsp3) is 0.100. The van der Waals surface area contributed by atoms with E-state index in [9.17, 15) is 9.90 Å². The van der Waals surface area contributed by atoms with Crippen molar-refractivity contribution < 1.29 is 19.1 Å². The molecule has 0 spiro atoms. The maximum atomic E-state index is 12.4. The van der Waals surface area contributed by atoms with Crippen molar-refractivity contribution in [3.05, 3.63) is 83.3 Å². The number of benzene rings is 2. The summed E-state index contributed by atoms with van der Waals surface area (Å²) < 4.78 is 10.9. The van der Waals surface area contributed by atoms with Crippen molar-refractivity contribution in [1.82, 2.24) is 0 Å². The fourth-order valence-corrected chi connectivity index (χ4v) is 2.40. The largest absolute Gasteiger partial charge is 0.489 e. The van der Waals surface area contributed by atoms with Gasteiger partial charge in [0, 0.05) is 11.3 Å². The predicted molar refractivity (Wildman–Crippen MR) is 94.5 cm³/mol. The van der Waals surface area contributed by atoms with Crippen LogP contribution in [0, 0.1) is 11.3 Å². The van der Waals surface area contributed by atoms with E-state index in [2.05, 4.69) is 5.32 Å². The van der Waals surface area contributed by atoms with Crippen LogP contribution in [0.25, 0.3) is 0 Å². The van der Waals surface area contributed by atoms with Gasteiger partial charge in [-0.2, -0.15) is 5.26 Å². The third-order valence-corrected chi connectivity index (χ3v) is 3.68. The summed E-state index contributed by atoms with van der Waals surface area (Å²) in [5.74, 6) is 0.276. The summed E-state index contributed by atoms with van der Waals surface area (Å²) in [6, 6.07) is 17.4. The molecule has 0 saturated carbocycles. The van der Waals surface area contributed by atoms with E-state index in [1.807, 2.05) is 6.07 Å². The number of ether oxygens (including phenoxy) is 1. The number of anilines is 1. The van der Waals surface area contributed by atoms with Crippen LogP contribution < -0.4 is 10.1 Å². The molecule has 0 aliphatic heterocycles. The molecule has 0 saturated heterocycles. The van der Waals surface area contributed by atoms with Gasteiger partial charge in [0.25, 0.3) is 5.91 Å². The van der Waals surface area contributed by atoms with Gasteiger partial charge in [0.15, 0.2) is 5.76 Å². The van der Waals surface area contributed by atoms with Crippen LogP contribution in [0.15, 0.2) is 65.3 Å². The highest BCUT2D eigenvalue weighted by atomic mass is 16.5. The summed E-state index contributed by atoms with van der Waals surface area (Å²) in [6.07, 6.45) is 1.42. The molecule has 0 aliphatic carbocycles. The molecule has 0 fully saturated rings. The minimum absolute atomic E-state index is 0.106. The number of carbonyl (C=O) groups is 1. The monoisotopic (exact) mass is 348 g/mol. The van der Waals surface area contributed by atoms with Gasteiger partial charge >= 0.3 is 0 Å². The lowest BCUT2D eigenvalue weighted by Gasteiger charge is -2.08. The molecular formula is C20H16N2O4. The van der Waals surface area contributed by atoms with Crippen LogP contribution in [-0.2, 0) is 13.2 Å². The molecule has 2 aromatic carbocycles. The van der Waals surface area contributed by atoms with Crippen LogP contribution in [0.5, 0.6) is 5.75 Å². The van der Waals surface area contributed by atoms with Gasteiger partial charge in [-0.15, -0.1) is 0 Å². The zero-order valence-corrected chi connectivity index (χ0v) is 13.8. The highest BCUT2D eigenvalue weighted by Gasteiger charge is 2.16. The van der Waals surface area contributed by atoms with E-state index >= 15 is 0 Å². The standard InChI is InChI=1S/C20H16N2O4/c21-11-14-3-2-6-18(10-14)26-13-16-7-8-25-19(16)20(24)22-17-5-1-4-15(9-17)12-23/h1-10,23H,12-13H2,(H,22,24). The zero-order chi connectivity index (χ0) is 18.4. The zero-order valence-electron chi connectivity index (χ0n) is 13.8. The number of nitriles is 1. The lowest BCUT2D eigenvalue weighted by atomic mass is 10.2. The SMILES string of the molecule is N#Cc1cccc(OCc2ccoc2C(=O)Nc2cccc(CO)c2)c1. The Morgan fingerprint density at radius 2 is 2.04 bits per heavy atom. The molecule has 130 valence electrons. The van der Waals surface area contributed by atoms with E-state index in [4.69, 9.17) is 14.4 Å². The van der Waals surface area contributed by atoms with E-state index < -0.39 is 5.91 Å². The van der Waals surface area contributed by atoms with Crippen molar-refractivity contribution >= 4 is 11.6 Å². The number of aliphatic hydroxyl groups excluding tert-OH is 1. The van der Waals surface area contributed by atoms with Gasteiger partial charge in [-0.25, -0.2) is 0 Å². The van der Waals surface area contributed by atoms with Crippen molar-refractivity contribution in [3.8, 4) is 11.8 Å². The second kappa shape index (κ2) is 8.01. The van der Waals surface area contributed by atoms with Crippen LogP contribution in [0.3, 0.4) is 0 Å². The molecule has 0 atom stereocenters. The number of carbonyl (C=O) groups excluding carboxylic acids is 1. The molecule has 1 heterocycles. The third-order valence-electron chi connectivity index (χ3n) is 3.68. The number of aliphatic hydroxyl groups is 1. The Bertz CT molecular complexity index is 956. The molecule has 0 radical (unpaired) electrons. The summed E-state index contributed by atoms with van der Waals surface area (Å²) in [6.45, 7) is 0.0239. The Hall–Kier alpha value is -3.56. The molecule has 0 unspecified atom stereocenters. The first-order valence-corrected chi connectivity index (χ1v) is 7.90. The molecular weight excluding hydrogens is 332 g/mol. The summed E-state index contributed by atoms with van der Waals surface area (Å²) >= 11 is 0. The summed E-state index contributed by atoms with van der Waals surface area (Å²) in [5.41, 5.74) is 2.34. The quantitative estimate of drug-likeness (QED) is 0.711. The van der Waals surface area contributed by atoms with Crippen LogP contribution in [-0.4, -0.2) is 11.0 Å². The second-order valence-corrected chi connectivity index (χ2v) is 5.52. The van der Waals surface area contributed by atoms with Crippen LogP contribution in [0.1, 0.15) is 27.2 Å².